The van der Waals surface area contributed by atoms with Gasteiger partial charge in [-0.15, -0.1) is 0 Å². The van der Waals surface area contributed by atoms with Crippen molar-refractivity contribution in [1.82, 2.24) is 0 Å². The predicted molar refractivity (Wildman–Crippen MR) is 124 cm³/mol. The maximum absolute atomic E-state index is 13.5. The van der Waals surface area contributed by atoms with E-state index in [-0.39, 0.29) is 21.9 Å². The largest absolute Gasteiger partial charge is 0.867 e. The van der Waals surface area contributed by atoms with Crippen LogP contribution in [-0.4, -0.2) is 9.91 Å². The number of nitro benzene ring substituents is 1. The Morgan fingerprint density at radius 3 is 2.29 bits per heavy atom. The number of aryl methyl sites for hydroxylation is 4. The van der Waals surface area contributed by atoms with E-state index in [4.69, 9.17) is 12.2 Å². The second kappa shape index (κ2) is 9.06. The third-order valence-corrected chi connectivity index (χ3v) is 5.32. The van der Waals surface area contributed by atoms with Gasteiger partial charge in [0.25, 0.3) is 5.69 Å². The highest BCUT2D eigenvalue weighted by atomic mass is 32.1. The third-order valence-electron chi connectivity index (χ3n) is 5.02. The molecule has 1 heterocycles. The molecule has 1 aromatic heterocycles. The quantitative estimate of drug-likeness (QED) is 0.163. The molecule has 3 rings (SSSR count). The predicted octanol–water partition coefficient (Wildman–Crippen LogP) is 4.24. The summed E-state index contributed by atoms with van der Waals surface area (Å²) >= 11 is 5.66. The van der Waals surface area contributed by atoms with Crippen molar-refractivity contribution in [3.63, 3.8) is 0 Å². The fourth-order valence-electron chi connectivity index (χ4n) is 3.34. The van der Waals surface area contributed by atoms with Crippen molar-refractivity contribution in [3.05, 3.63) is 98.9 Å². The van der Waals surface area contributed by atoms with Crippen molar-refractivity contribution in [2.45, 2.75) is 27.7 Å². The summed E-state index contributed by atoms with van der Waals surface area (Å²) in [5.41, 5.74) is 4.57. The van der Waals surface area contributed by atoms with Crippen LogP contribution in [0.1, 0.15) is 27.8 Å². The molecule has 0 saturated heterocycles. The molecule has 0 aliphatic carbocycles. The Bertz CT molecular complexity index is 1200. The molecule has 0 unspecified atom stereocenters. The molecule has 0 amide bonds. The lowest BCUT2D eigenvalue weighted by atomic mass is 10.1. The van der Waals surface area contributed by atoms with Gasteiger partial charge >= 0.3 is 0 Å². The first-order chi connectivity index (χ1) is 14.7. The van der Waals surface area contributed by atoms with Gasteiger partial charge in [-0.25, -0.2) is 0 Å². The van der Waals surface area contributed by atoms with E-state index in [1.54, 1.807) is 36.0 Å². The van der Waals surface area contributed by atoms with E-state index in [9.17, 15) is 15.2 Å². The minimum absolute atomic E-state index is 0.104. The fourth-order valence-corrected chi connectivity index (χ4v) is 3.64. The summed E-state index contributed by atoms with van der Waals surface area (Å²) in [7, 11) is 0. The molecular weight excluding hydrogens is 410 g/mol. The number of pyridine rings is 1. The third kappa shape index (κ3) is 4.78. The van der Waals surface area contributed by atoms with Gasteiger partial charge in [-0.1, -0.05) is 42.5 Å². The van der Waals surface area contributed by atoms with Gasteiger partial charge in [0.1, 0.15) is 0 Å². The second-order valence-electron chi connectivity index (χ2n) is 7.45. The highest BCUT2D eigenvalue weighted by Crippen LogP contribution is 2.25. The fraction of sp³-hybridized carbons (Fsp3) is 0.167. The van der Waals surface area contributed by atoms with Gasteiger partial charge in [-0.05, 0) is 56.2 Å². The summed E-state index contributed by atoms with van der Waals surface area (Å²) in [6, 6.07) is 14.1. The number of para-hydroxylation sites is 1. The first-order valence-corrected chi connectivity index (χ1v) is 10.1. The van der Waals surface area contributed by atoms with Crippen LogP contribution in [0, 0.1) is 37.8 Å². The standard InChI is InChI=1S/C24H23N3O3S/c1-15-7-6-12-26(14-15)22(24(31)25-21-17(3)8-5-9-18(21)4)23(28)19-11-10-16(2)20(13-19)27(29)30/h5-14H,1-4H3,(H-,25,28,31). The SMILES string of the molecule is Cc1ccc[n+](/C(C(=S)Nc2c(C)cccc2C)=C(/[O-])c2ccc(C)c([N+](=O)[O-])c2)c1. The maximum Gasteiger partial charge on any atom is 0.272 e. The molecule has 1 N–H and O–H groups in total. The molecule has 0 saturated carbocycles. The Morgan fingerprint density at radius 2 is 1.68 bits per heavy atom. The van der Waals surface area contributed by atoms with Crippen molar-refractivity contribution >= 4 is 40.0 Å². The lowest BCUT2D eigenvalue weighted by Gasteiger charge is -2.19. The minimum Gasteiger partial charge on any atom is -0.867 e. The Morgan fingerprint density at radius 1 is 1.00 bits per heavy atom. The van der Waals surface area contributed by atoms with Gasteiger partial charge in [0.15, 0.2) is 17.4 Å². The molecule has 0 aliphatic rings. The Hall–Kier alpha value is -3.58. The van der Waals surface area contributed by atoms with Gasteiger partial charge < -0.3 is 10.4 Å². The van der Waals surface area contributed by atoms with Crippen molar-refractivity contribution in [3.8, 4) is 0 Å². The molecule has 31 heavy (non-hydrogen) atoms. The molecule has 0 atom stereocenters. The Kier molecular flexibility index (Phi) is 6.46. The zero-order valence-electron chi connectivity index (χ0n) is 17.8. The molecule has 0 spiro atoms. The molecular formula is C24H23N3O3S. The minimum atomic E-state index is -0.487. The van der Waals surface area contributed by atoms with E-state index >= 15 is 0 Å². The number of hydrogen-bond donors (Lipinski definition) is 1. The zero-order valence-corrected chi connectivity index (χ0v) is 18.6. The number of nitrogens with one attached hydrogen (secondary N) is 1. The summed E-state index contributed by atoms with van der Waals surface area (Å²) in [5.74, 6) is -0.401. The van der Waals surface area contributed by atoms with Crippen LogP contribution in [0.4, 0.5) is 11.4 Å². The van der Waals surface area contributed by atoms with Crippen LogP contribution in [-0.2, 0) is 0 Å². The number of rotatable bonds is 5. The molecule has 2 aromatic carbocycles. The van der Waals surface area contributed by atoms with Crippen LogP contribution in [0.5, 0.6) is 0 Å². The van der Waals surface area contributed by atoms with Gasteiger partial charge in [0.05, 0.1) is 4.92 Å². The normalized spacial score (nSPS) is 11.6. The van der Waals surface area contributed by atoms with Crippen LogP contribution >= 0.6 is 12.2 Å². The van der Waals surface area contributed by atoms with Crippen LogP contribution < -0.4 is 15.0 Å². The average Bonchev–Trinajstić information content (AvgIpc) is 2.71. The number of anilines is 1. The zero-order chi connectivity index (χ0) is 22.7. The second-order valence-corrected chi connectivity index (χ2v) is 7.85. The van der Waals surface area contributed by atoms with Gasteiger partial charge in [0.2, 0.25) is 5.70 Å². The van der Waals surface area contributed by atoms with Crippen LogP contribution in [0.15, 0.2) is 60.9 Å². The Labute approximate surface area is 186 Å². The summed E-state index contributed by atoms with van der Waals surface area (Å²) < 4.78 is 1.66. The van der Waals surface area contributed by atoms with Crippen LogP contribution in [0.2, 0.25) is 0 Å². The number of thiocarbonyl (C=S) groups is 1. The lowest BCUT2D eigenvalue weighted by Crippen LogP contribution is -2.40. The number of aromatic nitrogens is 1. The molecule has 7 heteroatoms. The molecule has 0 radical (unpaired) electrons. The van der Waals surface area contributed by atoms with Crippen molar-refractivity contribution < 1.29 is 14.6 Å². The maximum atomic E-state index is 13.5. The number of benzene rings is 2. The summed E-state index contributed by atoms with van der Waals surface area (Å²) in [4.78, 5) is 11.1. The van der Waals surface area contributed by atoms with Gasteiger partial charge in [0, 0.05) is 28.9 Å². The van der Waals surface area contributed by atoms with Crippen molar-refractivity contribution in [2.24, 2.45) is 0 Å². The number of hydrogen-bond acceptors (Lipinski definition) is 4. The van der Waals surface area contributed by atoms with E-state index in [1.165, 1.54) is 6.07 Å². The smallest absolute Gasteiger partial charge is 0.272 e. The van der Waals surface area contributed by atoms with E-state index in [1.807, 2.05) is 51.1 Å². The first-order valence-electron chi connectivity index (χ1n) is 9.71. The van der Waals surface area contributed by atoms with Gasteiger partial charge in [-0.3, -0.25) is 10.1 Å². The van der Waals surface area contributed by atoms with E-state index < -0.39 is 10.7 Å². The van der Waals surface area contributed by atoms with E-state index in [2.05, 4.69) is 5.32 Å². The lowest BCUT2D eigenvalue weighted by molar-refractivity contribution is -0.578. The monoisotopic (exact) mass is 433 g/mol. The summed E-state index contributed by atoms with van der Waals surface area (Å²) in [5, 5.41) is 28.1. The topological polar surface area (TPSA) is 82.1 Å². The average molecular weight is 434 g/mol. The van der Waals surface area contributed by atoms with Crippen molar-refractivity contribution in [1.29, 1.82) is 0 Å². The molecule has 0 aliphatic heterocycles. The first kappa shape index (κ1) is 22.1. The van der Waals surface area contributed by atoms with E-state index in [0.717, 1.165) is 22.4 Å². The Balaban J connectivity index is 2.18. The summed E-state index contributed by atoms with van der Waals surface area (Å²) in [6.07, 6.45) is 3.54. The van der Waals surface area contributed by atoms with Crippen molar-refractivity contribution in [2.75, 3.05) is 5.32 Å². The van der Waals surface area contributed by atoms with Gasteiger partial charge in [-0.2, -0.15) is 4.57 Å². The highest BCUT2D eigenvalue weighted by Gasteiger charge is 2.21. The molecule has 0 fully saturated rings. The highest BCUT2D eigenvalue weighted by molar-refractivity contribution is 7.81. The van der Waals surface area contributed by atoms with E-state index in [0.29, 0.717) is 5.56 Å². The molecule has 6 nitrogen and oxygen atoms in total. The van der Waals surface area contributed by atoms with Crippen LogP contribution in [0.25, 0.3) is 11.5 Å². The molecule has 3 aromatic rings. The molecule has 0 bridgehead atoms. The summed E-state index contributed by atoms with van der Waals surface area (Å²) in [6.45, 7) is 7.47. The number of nitro groups is 1. The molecule has 158 valence electrons. The van der Waals surface area contributed by atoms with Crippen LogP contribution in [0.3, 0.4) is 0 Å². The number of nitrogens with zero attached hydrogens (tertiary/aromatic N) is 2.